The number of carbonyl (C=O) groups excluding carboxylic acids is 1. The first-order chi connectivity index (χ1) is 19.5. The Morgan fingerprint density at radius 3 is 2.55 bits per heavy atom. The van der Waals surface area contributed by atoms with Crippen molar-refractivity contribution in [3.8, 4) is 11.6 Å². The van der Waals surface area contributed by atoms with Gasteiger partial charge in [-0.3, -0.25) is 9.69 Å². The zero-order valence-electron chi connectivity index (χ0n) is 22.8. The van der Waals surface area contributed by atoms with Crippen molar-refractivity contribution >= 4 is 28.4 Å². The molecular formula is C29H33FN8O2. The van der Waals surface area contributed by atoms with E-state index in [0.717, 1.165) is 56.9 Å². The number of hydrogen-bond donors (Lipinski definition) is 2. The minimum atomic E-state index is -0.523. The molecule has 2 aliphatic heterocycles. The van der Waals surface area contributed by atoms with Gasteiger partial charge in [-0.25, -0.2) is 19.3 Å². The highest BCUT2D eigenvalue weighted by Gasteiger charge is 2.30. The monoisotopic (exact) mass is 544 g/mol. The summed E-state index contributed by atoms with van der Waals surface area (Å²) in [5.41, 5.74) is 2.77. The number of hydrogen-bond acceptors (Lipinski definition) is 8. The number of pyridine rings is 1. The number of ether oxygens (including phenoxy) is 1. The van der Waals surface area contributed by atoms with Crippen molar-refractivity contribution in [3.63, 3.8) is 0 Å². The van der Waals surface area contributed by atoms with Gasteiger partial charge in [0.2, 0.25) is 5.88 Å². The molecule has 1 amide bonds. The molecule has 4 aromatic rings. The molecule has 208 valence electrons. The normalized spacial score (nSPS) is 16.2. The van der Waals surface area contributed by atoms with Gasteiger partial charge in [-0.2, -0.15) is 0 Å². The molecule has 6 rings (SSSR count). The van der Waals surface area contributed by atoms with Gasteiger partial charge in [0.25, 0.3) is 5.91 Å². The quantitative estimate of drug-likeness (QED) is 0.338. The van der Waals surface area contributed by atoms with E-state index in [1.807, 2.05) is 25.3 Å². The Bertz CT molecular complexity index is 1510. The molecule has 0 saturated carbocycles. The fraction of sp³-hybridized carbons (Fsp3) is 0.379. The van der Waals surface area contributed by atoms with Crippen molar-refractivity contribution in [2.45, 2.75) is 26.8 Å². The molecule has 2 saturated heterocycles. The van der Waals surface area contributed by atoms with Crippen molar-refractivity contribution in [3.05, 3.63) is 65.5 Å². The molecule has 0 unspecified atom stereocenters. The number of rotatable bonds is 8. The Morgan fingerprint density at radius 2 is 1.85 bits per heavy atom. The molecule has 0 spiro atoms. The van der Waals surface area contributed by atoms with Gasteiger partial charge in [0.15, 0.2) is 17.4 Å². The number of aromatic amines is 1. The number of fused-ring (bicyclic) bond motifs is 1. The number of anilines is 2. The summed E-state index contributed by atoms with van der Waals surface area (Å²) in [6, 6.07) is 8.90. The first-order valence-electron chi connectivity index (χ1n) is 13.7. The lowest BCUT2D eigenvalue weighted by Crippen LogP contribution is -2.45. The highest BCUT2D eigenvalue weighted by atomic mass is 19.1. The predicted octanol–water partition coefficient (Wildman–Crippen LogP) is 4.32. The van der Waals surface area contributed by atoms with Gasteiger partial charge in [0, 0.05) is 68.6 Å². The highest BCUT2D eigenvalue weighted by molar-refractivity contribution is 6.02. The summed E-state index contributed by atoms with van der Waals surface area (Å²) in [5, 5.41) is 3.58. The number of piperazine rings is 1. The molecule has 0 atom stereocenters. The lowest BCUT2D eigenvalue weighted by Gasteiger charge is -2.33. The van der Waals surface area contributed by atoms with Gasteiger partial charge in [0.1, 0.15) is 17.7 Å². The number of aryl methyl sites for hydroxylation is 1. The Hall–Kier alpha value is -4.09. The Balaban J connectivity index is 1.24. The maximum atomic E-state index is 15.3. The third kappa shape index (κ3) is 5.34. The van der Waals surface area contributed by atoms with Crippen molar-refractivity contribution in [2.24, 2.45) is 0 Å². The topological polar surface area (TPSA) is 103 Å². The molecule has 0 bridgehead atoms. The molecule has 11 heteroatoms. The molecule has 1 aromatic carbocycles. The van der Waals surface area contributed by atoms with Crippen LogP contribution < -0.4 is 10.1 Å². The Kier molecular flexibility index (Phi) is 7.31. The summed E-state index contributed by atoms with van der Waals surface area (Å²) in [6.45, 7) is 11.5. The number of likely N-dealkylation sites (tertiary alicyclic amines) is 1. The summed E-state index contributed by atoms with van der Waals surface area (Å²) in [4.78, 5) is 36.3. The van der Waals surface area contributed by atoms with E-state index in [9.17, 15) is 4.79 Å². The summed E-state index contributed by atoms with van der Waals surface area (Å²) >= 11 is 0. The van der Waals surface area contributed by atoms with Gasteiger partial charge < -0.3 is 24.8 Å². The van der Waals surface area contributed by atoms with Gasteiger partial charge in [0.05, 0.1) is 0 Å². The van der Waals surface area contributed by atoms with Crippen LogP contribution in [0, 0.1) is 12.7 Å². The molecule has 2 fully saturated rings. The van der Waals surface area contributed by atoms with Crippen LogP contribution in [0.4, 0.5) is 16.0 Å². The van der Waals surface area contributed by atoms with Crippen LogP contribution in [0.5, 0.6) is 11.6 Å². The molecule has 2 aliphatic rings. The fourth-order valence-electron chi connectivity index (χ4n) is 5.12. The number of nitrogens with zero attached hydrogens (tertiary/aromatic N) is 6. The average molecular weight is 545 g/mol. The number of carbonyl (C=O) groups is 1. The van der Waals surface area contributed by atoms with E-state index < -0.39 is 5.82 Å². The van der Waals surface area contributed by atoms with Crippen LogP contribution in [0.1, 0.15) is 35.0 Å². The van der Waals surface area contributed by atoms with Gasteiger partial charge in [-0.1, -0.05) is 13.0 Å². The lowest BCUT2D eigenvalue weighted by atomic mass is 10.1. The minimum absolute atomic E-state index is 0.0113. The van der Waals surface area contributed by atoms with Crippen LogP contribution in [-0.4, -0.2) is 86.4 Å². The highest BCUT2D eigenvalue weighted by Crippen LogP contribution is 2.34. The fourth-order valence-corrected chi connectivity index (χ4v) is 5.12. The maximum absolute atomic E-state index is 15.3. The van der Waals surface area contributed by atoms with E-state index >= 15 is 4.39 Å². The third-order valence-electron chi connectivity index (χ3n) is 7.60. The molecule has 5 heterocycles. The van der Waals surface area contributed by atoms with Crippen molar-refractivity contribution in [2.75, 3.05) is 51.1 Å². The van der Waals surface area contributed by atoms with E-state index in [0.29, 0.717) is 29.8 Å². The van der Waals surface area contributed by atoms with Crippen LogP contribution in [0.25, 0.3) is 10.9 Å². The van der Waals surface area contributed by atoms with E-state index in [2.05, 4.69) is 42.0 Å². The smallest absolute Gasteiger partial charge is 0.263 e. The first kappa shape index (κ1) is 26.1. The van der Waals surface area contributed by atoms with Crippen molar-refractivity contribution in [1.82, 2.24) is 34.6 Å². The molecular weight excluding hydrogens is 511 g/mol. The van der Waals surface area contributed by atoms with Crippen LogP contribution in [0.3, 0.4) is 0 Å². The standard InChI is InChI=1S/C29H33FN8O2/c1-3-36-11-13-37(14-12-36)17-20-5-8-24(31-16-20)35-27-25(29(39)38-9-4-10-38)28(33-18-32-27)40-23-7-6-22-21(26(23)30)15-19(2)34-22/h5-8,15-16,18,34H,3-4,9-14,17H2,1-2H3,(H,31,32,33,35). The van der Waals surface area contributed by atoms with E-state index in [1.54, 1.807) is 17.0 Å². The Morgan fingerprint density at radius 1 is 1.05 bits per heavy atom. The minimum Gasteiger partial charge on any atom is -0.435 e. The zero-order valence-corrected chi connectivity index (χ0v) is 22.8. The van der Waals surface area contributed by atoms with Crippen LogP contribution in [0.2, 0.25) is 0 Å². The second-order valence-corrected chi connectivity index (χ2v) is 10.3. The van der Waals surface area contributed by atoms with Crippen molar-refractivity contribution < 1.29 is 13.9 Å². The van der Waals surface area contributed by atoms with Crippen molar-refractivity contribution in [1.29, 1.82) is 0 Å². The average Bonchev–Trinajstić information content (AvgIpc) is 3.32. The summed E-state index contributed by atoms with van der Waals surface area (Å²) in [7, 11) is 0. The predicted molar refractivity (Wildman–Crippen MR) is 151 cm³/mol. The number of benzene rings is 1. The van der Waals surface area contributed by atoms with Crippen LogP contribution in [-0.2, 0) is 6.54 Å². The summed E-state index contributed by atoms with van der Waals surface area (Å²) < 4.78 is 21.3. The largest absolute Gasteiger partial charge is 0.435 e. The number of likely N-dealkylation sites (N-methyl/N-ethyl adjacent to an activating group) is 1. The van der Waals surface area contributed by atoms with Crippen LogP contribution in [0.15, 0.2) is 42.9 Å². The number of H-pyrrole nitrogens is 1. The number of halogens is 1. The number of aromatic nitrogens is 4. The number of amides is 1. The first-order valence-corrected chi connectivity index (χ1v) is 13.7. The lowest BCUT2D eigenvalue weighted by molar-refractivity contribution is 0.0649. The van der Waals surface area contributed by atoms with Gasteiger partial charge in [-0.15, -0.1) is 0 Å². The molecule has 2 N–H and O–H groups in total. The molecule has 0 radical (unpaired) electrons. The maximum Gasteiger partial charge on any atom is 0.263 e. The summed E-state index contributed by atoms with van der Waals surface area (Å²) in [6.07, 6.45) is 4.06. The van der Waals surface area contributed by atoms with Crippen LogP contribution >= 0.6 is 0 Å². The SMILES string of the molecule is CCN1CCN(Cc2ccc(Nc3ncnc(Oc4ccc5[nH]c(C)cc5c4F)c3C(=O)N3CCC3)nc2)CC1. The van der Waals surface area contributed by atoms with E-state index in [-0.39, 0.29) is 28.9 Å². The molecule has 10 nitrogen and oxygen atoms in total. The Labute approximate surface area is 232 Å². The third-order valence-corrected chi connectivity index (χ3v) is 7.60. The van der Waals surface area contributed by atoms with Gasteiger partial charge in [-0.05, 0) is 49.7 Å². The zero-order chi connectivity index (χ0) is 27.6. The second kappa shape index (κ2) is 11.2. The second-order valence-electron chi connectivity index (χ2n) is 10.3. The van der Waals surface area contributed by atoms with Gasteiger partial charge >= 0.3 is 0 Å². The summed E-state index contributed by atoms with van der Waals surface area (Å²) in [5.74, 6) is -0.0234. The molecule has 40 heavy (non-hydrogen) atoms. The van der Waals surface area contributed by atoms with E-state index in [4.69, 9.17) is 4.74 Å². The van der Waals surface area contributed by atoms with E-state index in [1.165, 1.54) is 12.4 Å². The molecule has 3 aromatic heterocycles. The molecule has 0 aliphatic carbocycles. The number of nitrogens with one attached hydrogen (secondary N) is 2.